The number of hydrogen-bond donors (Lipinski definition) is 1. The van der Waals surface area contributed by atoms with E-state index in [0.717, 1.165) is 34.9 Å². The Bertz CT molecular complexity index is 1180. The Hall–Kier alpha value is -3.01. The number of hydrogen-bond acceptors (Lipinski definition) is 6. The second-order valence-corrected chi connectivity index (χ2v) is 14.4. The van der Waals surface area contributed by atoms with Crippen LogP contribution in [0.3, 0.4) is 0 Å². The standard InChI is InChI=1S/C30H40N2O6S/c1-6-15-32-27-12-7-22(31-16-18-37-30(31)35)20-26(27)21(2)28(29(32)34)38-24(13-17-33)14-19-39(4,5)25-10-8-23(36-3)9-11-25/h6-12,20-21,24,28,33H,1,13-19H2,2-5H3. The summed E-state index contributed by atoms with van der Waals surface area (Å²) in [5.74, 6) is 1.37. The van der Waals surface area contributed by atoms with Crippen molar-refractivity contribution in [1.82, 2.24) is 0 Å². The Kier molecular flexibility index (Phi) is 9.25. The van der Waals surface area contributed by atoms with Crippen molar-refractivity contribution in [2.24, 2.45) is 0 Å². The lowest BCUT2D eigenvalue weighted by molar-refractivity contribution is -0.137. The van der Waals surface area contributed by atoms with Gasteiger partial charge in [-0.3, -0.25) is 9.69 Å². The molecule has 0 saturated carbocycles. The molecule has 2 aromatic rings. The lowest BCUT2D eigenvalue weighted by atomic mass is 9.87. The van der Waals surface area contributed by atoms with Gasteiger partial charge in [-0.15, -0.1) is 6.58 Å². The number of carbonyl (C=O) groups is 2. The molecule has 9 heteroatoms. The highest BCUT2D eigenvalue weighted by Gasteiger charge is 2.40. The third-order valence-electron chi connectivity index (χ3n) is 7.58. The molecule has 2 heterocycles. The van der Waals surface area contributed by atoms with E-state index < -0.39 is 16.1 Å². The maximum atomic E-state index is 13.7. The SMILES string of the molecule is C=CCN1C(=O)C(OC(CCO)CCS(C)(C)c2ccc(OC)cc2)C(C)c2cc(N3CCOC3=O)ccc21. The van der Waals surface area contributed by atoms with Crippen LogP contribution in [-0.2, 0) is 14.3 Å². The minimum absolute atomic E-state index is 0.0214. The van der Waals surface area contributed by atoms with Crippen LogP contribution in [-0.4, -0.2) is 81.0 Å². The molecule has 0 aliphatic carbocycles. The van der Waals surface area contributed by atoms with Crippen molar-refractivity contribution in [1.29, 1.82) is 0 Å². The van der Waals surface area contributed by atoms with E-state index >= 15 is 0 Å². The van der Waals surface area contributed by atoms with Crippen molar-refractivity contribution < 1.29 is 28.9 Å². The van der Waals surface area contributed by atoms with Crippen LogP contribution < -0.4 is 14.5 Å². The zero-order chi connectivity index (χ0) is 28.2. The highest BCUT2D eigenvalue weighted by atomic mass is 32.3. The first-order valence-electron chi connectivity index (χ1n) is 13.3. The number of cyclic esters (lactones) is 1. The first kappa shape index (κ1) is 29.0. The number of ether oxygens (including phenoxy) is 3. The lowest BCUT2D eigenvalue weighted by Crippen LogP contribution is -2.49. The highest BCUT2D eigenvalue weighted by molar-refractivity contribution is 8.32. The lowest BCUT2D eigenvalue weighted by Gasteiger charge is -2.40. The first-order valence-corrected chi connectivity index (χ1v) is 15.9. The molecule has 0 aromatic heterocycles. The van der Waals surface area contributed by atoms with Gasteiger partial charge in [0.1, 0.15) is 18.5 Å². The second-order valence-electron chi connectivity index (χ2n) is 10.4. The van der Waals surface area contributed by atoms with Gasteiger partial charge in [0.05, 0.1) is 19.8 Å². The van der Waals surface area contributed by atoms with Crippen molar-refractivity contribution in [3.63, 3.8) is 0 Å². The van der Waals surface area contributed by atoms with Gasteiger partial charge in [0.2, 0.25) is 0 Å². The Balaban J connectivity index is 1.55. The van der Waals surface area contributed by atoms with E-state index in [0.29, 0.717) is 26.1 Å². The molecule has 3 atom stereocenters. The summed E-state index contributed by atoms with van der Waals surface area (Å²) >= 11 is 0. The molecular weight excluding hydrogens is 516 g/mol. The molecule has 1 fully saturated rings. The summed E-state index contributed by atoms with van der Waals surface area (Å²) in [7, 11) is 0.530. The number of aliphatic hydroxyl groups is 1. The zero-order valence-electron chi connectivity index (χ0n) is 23.3. The summed E-state index contributed by atoms with van der Waals surface area (Å²) in [6.07, 6.45) is 6.05. The summed E-state index contributed by atoms with van der Waals surface area (Å²) in [6, 6.07) is 13.9. The molecule has 0 bridgehead atoms. The molecule has 2 aliphatic rings. The smallest absolute Gasteiger partial charge is 0.414 e. The summed E-state index contributed by atoms with van der Waals surface area (Å²) in [4.78, 5) is 30.5. The molecule has 3 unspecified atom stereocenters. The van der Waals surface area contributed by atoms with Crippen LogP contribution in [0.2, 0.25) is 0 Å². The van der Waals surface area contributed by atoms with Crippen LogP contribution in [0.15, 0.2) is 60.0 Å². The van der Waals surface area contributed by atoms with Crippen molar-refractivity contribution in [2.75, 3.05) is 61.5 Å². The minimum Gasteiger partial charge on any atom is -0.497 e. The minimum atomic E-state index is -1.13. The molecule has 0 spiro atoms. The molecule has 8 nitrogen and oxygen atoms in total. The number of methoxy groups -OCH3 is 1. The maximum absolute atomic E-state index is 13.7. The molecule has 1 saturated heterocycles. The largest absolute Gasteiger partial charge is 0.497 e. The van der Waals surface area contributed by atoms with Gasteiger partial charge in [0.25, 0.3) is 5.91 Å². The average molecular weight is 557 g/mol. The summed E-state index contributed by atoms with van der Waals surface area (Å²) in [5.41, 5.74) is 2.48. The third-order valence-corrected chi connectivity index (χ3v) is 10.4. The van der Waals surface area contributed by atoms with Crippen molar-refractivity contribution in [2.45, 2.75) is 42.8 Å². The number of carbonyl (C=O) groups excluding carboxylic acids is 2. The summed E-state index contributed by atoms with van der Waals surface area (Å²) < 4.78 is 17.0. The number of amides is 2. The molecule has 4 rings (SSSR count). The molecule has 2 aromatic carbocycles. The van der Waals surface area contributed by atoms with Gasteiger partial charge < -0.3 is 24.2 Å². The molecule has 0 radical (unpaired) electrons. The monoisotopic (exact) mass is 556 g/mol. The summed E-state index contributed by atoms with van der Waals surface area (Å²) in [6.45, 7) is 7.01. The quantitative estimate of drug-likeness (QED) is 0.373. The molecule has 2 aliphatic heterocycles. The van der Waals surface area contributed by atoms with Gasteiger partial charge in [-0.1, -0.05) is 13.0 Å². The maximum Gasteiger partial charge on any atom is 0.414 e. The Labute approximate surface area is 232 Å². The van der Waals surface area contributed by atoms with Crippen LogP contribution in [0.5, 0.6) is 5.75 Å². The highest BCUT2D eigenvalue weighted by Crippen LogP contribution is 2.50. The van der Waals surface area contributed by atoms with Gasteiger partial charge in [-0.05, 0) is 84.0 Å². The van der Waals surface area contributed by atoms with E-state index in [2.05, 4.69) is 31.2 Å². The van der Waals surface area contributed by atoms with Gasteiger partial charge in [-0.2, -0.15) is 0 Å². The number of rotatable bonds is 12. The molecule has 1 N–H and O–H groups in total. The van der Waals surface area contributed by atoms with Crippen LogP contribution in [0, 0.1) is 0 Å². The Morgan fingerprint density at radius 2 is 1.92 bits per heavy atom. The zero-order valence-corrected chi connectivity index (χ0v) is 24.1. The van der Waals surface area contributed by atoms with E-state index in [1.807, 2.05) is 37.3 Å². The van der Waals surface area contributed by atoms with Crippen LogP contribution in [0.25, 0.3) is 0 Å². The summed E-state index contributed by atoms with van der Waals surface area (Å²) in [5, 5.41) is 9.83. The van der Waals surface area contributed by atoms with Crippen LogP contribution >= 0.6 is 10.0 Å². The molecular formula is C30H40N2O6S. The first-order chi connectivity index (χ1) is 18.7. The predicted octanol–water partition coefficient (Wildman–Crippen LogP) is 4.94. The fourth-order valence-corrected chi connectivity index (χ4v) is 7.17. The fraction of sp³-hybridized carbons (Fsp3) is 0.467. The van der Waals surface area contributed by atoms with E-state index in [1.54, 1.807) is 23.0 Å². The number of benzene rings is 2. The van der Waals surface area contributed by atoms with Crippen molar-refractivity contribution in [3.05, 3.63) is 60.7 Å². The van der Waals surface area contributed by atoms with Crippen molar-refractivity contribution in [3.8, 4) is 5.75 Å². The van der Waals surface area contributed by atoms with E-state index in [9.17, 15) is 14.7 Å². The van der Waals surface area contributed by atoms with Gasteiger partial charge in [0.15, 0.2) is 0 Å². The van der Waals surface area contributed by atoms with Gasteiger partial charge in [-0.25, -0.2) is 14.8 Å². The number of anilines is 2. The Morgan fingerprint density at radius 1 is 1.18 bits per heavy atom. The molecule has 39 heavy (non-hydrogen) atoms. The average Bonchev–Trinajstić information content (AvgIpc) is 3.37. The number of fused-ring (bicyclic) bond motifs is 1. The number of nitrogens with zero attached hydrogens (tertiary/aromatic N) is 2. The topological polar surface area (TPSA) is 88.5 Å². The normalized spacial score (nSPS) is 20.4. The number of aliphatic hydroxyl groups excluding tert-OH is 1. The molecule has 212 valence electrons. The molecule has 2 amide bonds. The van der Waals surface area contributed by atoms with Crippen LogP contribution in [0.1, 0.15) is 31.2 Å². The Morgan fingerprint density at radius 3 is 2.54 bits per heavy atom. The van der Waals surface area contributed by atoms with Crippen LogP contribution in [0.4, 0.5) is 16.2 Å². The van der Waals surface area contributed by atoms with Gasteiger partial charge >= 0.3 is 6.09 Å². The third kappa shape index (κ3) is 6.26. The van der Waals surface area contributed by atoms with Crippen molar-refractivity contribution >= 4 is 33.4 Å². The second kappa shape index (κ2) is 12.4. The van der Waals surface area contributed by atoms with E-state index in [4.69, 9.17) is 14.2 Å². The van der Waals surface area contributed by atoms with Gasteiger partial charge in [0, 0.05) is 30.4 Å². The van der Waals surface area contributed by atoms with E-state index in [1.165, 1.54) is 4.90 Å². The predicted molar refractivity (Wildman–Crippen MR) is 157 cm³/mol. The van der Waals surface area contributed by atoms with E-state index in [-0.39, 0.29) is 30.6 Å². The fourth-order valence-electron chi connectivity index (χ4n) is 5.21.